The molecule has 0 amide bonds. The predicted octanol–water partition coefficient (Wildman–Crippen LogP) is 1.54. The highest BCUT2D eigenvalue weighted by atomic mass is 16.8. The van der Waals surface area contributed by atoms with E-state index in [4.69, 9.17) is 9.47 Å². The molecule has 4 nitrogen and oxygen atoms in total. The number of Topliss-reactive ketones (excluding diaryl/α,β-unsaturated/α-hetero) is 1. The number of hydrogen-bond donors (Lipinski definition) is 1. The molecule has 0 radical (unpaired) electrons. The van der Waals surface area contributed by atoms with E-state index in [0.29, 0.717) is 6.42 Å². The van der Waals surface area contributed by atoms with Gasteiger partial charge in [0.15, 0.2) is 11.6 Å². The number of carbonyl (C=O) groups is 1. The number of ketones is 1. The number of rotatable bonds is 0. The van der Waals surface area contributed by atoms with E-state index in [9.17, 15) is 9.90 Å². The van der Waals surface area contributed by atoms with E-state index in [0.717, 1.165) is 25.7 Å². The number of aliphatic hydroxyl groups is 1. The highest BCUT2D eigenvalue weighted by Gasteiger charge is 2.55. The van der Waals surface area contributed by atoms with Crippen LogP contribution in [0.1, 0.15) is 51.9 Å². The van der Waals surface area contributed by atoms with Crippen molar-refractivity contribution in [2.45, 2.75) is 75.5 Å². The van der Waals surface area contributed by atoms with E-state index in [1.807, 2.05) is 0 Å². The second-order valence-corrected chi connectivity index (χ2v) is 6.01. The molecule has 3 rings (SSSR count). The normalized spacial score (nSPS) is 44.9. The van der Waals surface area contributed by atoms with Crippen LogP contribution in [0.5, 0.6) is 0 Å². The van der Waals surface area contributed by atoms with Crippen LogP contribution in [-0.2, 0) is 14.3 Å². The molecule has 17 heavy (non-hydrogen) atoms. The highest BCUT2D eigenvalue weighted by molar-refractivity contribution is 5.86. The summed E-state index contributed by atoms with van der Waals surface area (Å²) in [5.74, 6) is -0.530. The Bertz CT molecular complexity index is 330. The van der Waals surface area contributed by atoms with Crippen LogP contribution >= 0.6 is 0 Å². The molecule has 0 bridgehead atoms. The van der Waals surface area contributed by atoms with Gasteiger partial charge >= 0.3 is 0 Å². The average molecular weight is 240 g/mol. The third-order valence-electron chi connectivity index (χ3n) is 4.17. The maximum Gasteiger partial charge on any atom is 0.169 e. The van der Waals surface area contributed by atoms with Crippen LogP contribution in [0, 0.1) is 0 Å². The van der Waals surface area contributed by atoms with Crippen molar-refractivity contribution in [1.29, 1.82) is 0 Å². The Hall–Kier alpha value is -0.450. The minimum absolute atomic E-state index is 0.00583. The van der Waals surface area contributed by atoms with Crippen LogP contribution in [-0.4, -0.2) is 34.5 Å². The lowest BCUT2D eigenvalue weighted by Crippen LogP contribution is -2.47. The first kappa shape index (κ1) is 11.6. The SMILES string of the molecule is C[C@@]1(O)CC(=O)[C@@H]2OC3(CCCCC3)O[C@@H]2C1. The van der Waals surface area contributed by atoms with Gasteiger partial charge < -0.3 is 14.6 Å². The van der Waals surface area contributed by atoms with Crippen LogP contribution in [0.25, 0.3) is 0 Å². The highest BCUT2D eigenvalue weighted by Crippen LogP contribution is 2.45. The van der Waals surface area contributed by atoms with E-state index in [1.54, 1.807) is 6.92 Å². The maximum atomic E-state index is 12.0. The molecule has 1 aliphatic heterocycles. The van der Waals surface area contributed by atoms with Gasteiger partial charge in [0.1, 0.15) is 6.10 Å². The quantitative estimate of drug-likeness (QED) is 0.698. The maximum absolute atomic E-state index is 12.0. The van der Waals surface area contributed by atoms with Crippen molar-refractivity contribution in [3.05, 3.63) is 0 Å². The van der Waals surface area contributed by atoms with Gasteiger partial charge in [-0.1, -0.05) is 6.42 Å². The summed E-state index contributed by atoms with van der Waals surface area (Å²) >= 11 is 0. The van der Waals surface area contributed by atoms with Crippen molar-refractivity contribution in [2.75, 3.05) is 0 Å². The van der Waals surface area contributed by atoms with Gasteiger partial charge in [-0.25, -0.2) is 0 Å². The van der Waals surface area contributed by atoms with Gasteiger partial charge in [0.05, 0.1) is 11.7 Å². The van der Waals surface area contributed by atoms with Gasteiger partial charge in [0.25, 0.3) is 0 Å². The van der Waals surface area contributed by atoms with Gasteiger partial charge in [0.2, 0.25) is 0 Å². The van der Waals surface area contributed by atoms with E-state index in [2.05, 4.69) is 0 Å². The molecule has 1 N–H and O–H groups in total. The molecule has 1 saturated heterocycles. The summed E-state index contributed by atoms with van der Waals surface area (Å²) in [5, 5.41) is 10.0. The van der Waals surface area contributed by atoms with Crippen LogP contribution in [0.2, 0.25) is 0 Å². The van der Waals surface area contributed by atoms with Gasteiger partial charge in [-0.3, -0.25) is 4.79 Å². The van der Waals surface area contributed by atoms with E-state index in [1.165, 1.54) is 6.42 Å². The fourth-order valence-corrected chi connectivity index (χ4v) is 3.40. The Morgan fingerprint density at radius 1 is 1.24 bits per heavy atom. The molecule has 0 aromatic carbocycles. The molecular weight excluding hydrogens is 220 g/mol. The molecule has 2 saturated carbocycles. The second-order valence-electron chi connectivity index (χ2n) is 6.01. The molecule has 3 aliphatic rings. The van der Waals surface area contributed by atoms with Crippen molar-refractivity contribution in [2.24, 2.45) is 0 Å². The third kappa shape index (κ3) is 2.02. The fraction of sp³-hybridized carbons (Fsp3) is 0.923. The average Bonchev–Trinajstić information content (AvgIpc) is 2.56. The summed E-state index contributed by atoms with van der Waals surface area (Å²) < 4.78 is 11.9. The molecule has 4 heteroatoms. The molecule has 0 aromatic rings. The van der Waals surface area contributed by atoms with Crippen molar-refractivity contribution in [3.63, 3.8) is 0 Å². The molecule has 2 aliphatic carbocycles. The first-order valence-electron chi connectivity index (χ1n) is 6.61. The molecule has 3 atom stereocenters. The van der Waals surface area contributed by atoms with E-state index >= 15 is 0 Å². The Labute approximate surface area is 101 Å². The molecule has 0 unspecified atom stereocenters. The first-order valence-corrected chi connectivity index (χ1v) is 6.61. The van der Waals surface area contributed by atoms with Crippen LogP contribution in [0.15, 0.2) is 0 Å². The monoisotopic (exact) mass is 240 g/mol. The van der Waals surface area contributed by atoms with Crippen molar-refractivity contribution in [3.8, 4) is 0 Å². The number of carbonyl (C=O) groups excluding carboxylic acids is 1. The predicted molar refractivity (Wildman–Crippen MR) is 60.4 cm³/mol. The Morgan fingerprint density at radius 2 is 1.94 bits per heavy atom. The number of hydrogen-bond acceptors (Lipinski definition) is 4. The summed E-state index contributed by atoms with van der Waals surface area (Å²) in [6.45, 7) is 1.70. The smallest absolute Gasteiger partial charge is 0.169 e. The van der Waals surface area contributed by atoms with Crippen molar-refractivity contribution in [1.82, 2.24) is 0 Å². The zero-order valence-electron chi connectivity index (χ0n) is 10.3. The Balaban J connectivity index is 1.79. The van der Waals surface area contributed by atoms with Crippen molar-refractivity contribution < 1.29 is 19.4 Å². The topological polar surface area (TPSA) is 55.8 Å². The van der Waals surface area contributed by atoms with Crippen molar-refractivity contribution >= 4 is 5.78 Å². The standard InChI is InChI=1S/C13H20O4/c1-12(15)7-9(14)11-10(8-12)16-13(17-11)5-3-2-4-6-13/h10-11,15H,2-8H2,1H3/t10-,11+,12-/m1/s1. The minimum atomic E-state index is -0.929. The van der Waals surface area contributed by atoms with Gasteiger partial charge in [-0.05, 0) is 19.8 Å². The molecule has 0 aromatic heterocycles. The molecule has 96 valence electrons. The van der Waals surface area contributed by atoms with Gasteiger partial charge in [0, 0.05) is 25.7 Å². The summed E-state index contributed by atoms with van der Waals surface area (Å²) in [4.78, 5) is 12.0. The van der Waals surface area contributed by atoms with Crippen LogP contribution in [0.4, 0.5) is 0 Å². The zero-order valence-corrected chi connectivity index (χ0v) is 10.3. The summed E-state index contributed by atoms with van der Waals surface area (Å²) in [5.41, 5.74) is -0.929. The lowest BCUT2D eigenvalue weighted by molar-refractivity contribution is -0.194. The zero-order chi connectivity index (χ0) is 12.1. The summed E-state index contributed by atoms with van der Waals surface area (Å²) in [6.07, 6.45) is 5.20. The minimum Gasteiger partial charge on any atom is -0.390 e. The molecule has 3 fully saturated rings. The fourth-order valence-electron chi connectivity index (χ4n) is 3.40. The lowest BCUT2D eigenvalue weighted by atomic mass is 9.82. The van der Waals surface area contributed by atoms with Gasteiger partial charge in [-0.2, -0.15) is 0 Å². The Morgan fingerprint density at radius 3 is 2.65 bits per heavy atom. The second kappa shape index (κ2) is 3.77. The van der Waals surface area contributed by atoms with E-state index < -0.39 is 17.5 Å². The number of ether oxygens (including phenoxy) is 2. The molecule has 1 spiro atoms. The molecule has 1 heterocycles. The summed E-state index contributed by atoms with van der Waals surface area (Å²) in [6, 6.07) is 0. The largest absolute Gasteiger partial charge is 0.390 e. The van der Waals surface area contributed by atoms with Crippen LogP contribution < -0.4 is 0 Å². The van der Waals surface area contributed by atoms with E-state index in [-0.39, 0.29) is 18.3 Å². The third-order valence-corrected chi connectivity index (χ3v) is 4.17. The van der Waals surface area contributed by atoms with Gasteiger partial charge in [-0.15, -0.1) is 0 Å². The number of fused-ring (bicyclic) bond motifs is 1. The van der Waals surface area contributed by atoms with Crippen LogP contribution in [0.3, 0.4) is 0 Å². The lowest BCUT2D eigenvalue weighted by Gasteiger charge is -2.33. The summed E-state index contributed by atoms with van der Waals surface area (Å²) in [7, 11) is 0. The Kier molecular flexibility index (Phi) is 2.58. The molecular formula is C13H20O4. The first-order chi connectivity index (χ1) is 8.00.